The van der Waals surface area contributed by atoms with E-state index in [4.69, 9.17) is 0 Å². The molecule has 0 saturated heterocycles. The lowest BCUT2D eigenvalue weighted by molar-refractivity contribution is -0.117. The Labute approximate surface area is 194 Å². The molecule has 2 N–H and O–H groups in total. The first kappa shape index (κ1) is 22.0. The summed E-state index contributed by atoms with van der Waals surface area (Å²) < 4.78 is 0. The van der Waals surface area contributed by atoms with Crippen LogP contribution in [0.1, 0.15) is 78.2 Å². The van der Waals surface area contributed by atoms with Crippen molar-refractivity contribution in [3.8, 4) is 0 Å². The van der Waals surface area contributed by atoms with Gasteiger partial charge in [0.1, 0.15) is 0 Å². The highest BCUT2D eigenvalue weighted by molar-refractivity contribution is 5.74. The van der Waals surface area contributed by atoms with E-state index in [1.807, 2.05) is 13.1 Å². The van der Waals surface area contributed by atoms with Crippen molar-refractivity contribution in [2.75, 3.05) is 6.54 Å². The van der Waals surface area contributed by atoms with Gasteiger partial charge in [-0.1, -0.05) is 32.9 Å². The number of amides is 2. The van der Waals surface area contributed by atoms with Crippen molar-refractivity contribution in [3.63, 3.8) is 0 Å². The monoisotopic (exact) mass is 435 g/mol. The Kier molecular flexibility index (Phi) is 5.62. The molecule has 2 amide bonds. The highest BCUT2D eigenvalue weighted by Gasteiger charge is 2.60. The number of carbonyl (C=O) groups excluding carboxylic acids is 1. The second-order valence-electron chi connectivity index (χ2n) is 11.6. The van der Waals surface area contributed by atoms with E-state index < -0.39 is 0 Å². The maximum atomic E-state index is 12.2. The Morgan fingerprint density at radius 1 is 1.12 bits per heavy atom. The van der Waals surface area contributed by atoms with Gasteiger partial charge in [0, 0.05) is 25.0 Å². The zero-order chi connectivity index (χ0) is 22.5. The topological polar surface area (TPSA) is 54.0 Å². The van der Waals surface area contributed by atoms with E-state index >= 15 is 0 Å². The average Bonchev–Trinajstić information content (AvgIpc) is 3.14. The Morgan fingerprint density at radius 3 is 2.72 bits per heavy atom. The van der Waals surface area contributed by atoms with Crippen LogP contribution in [0.15, 0.2) is 30.6 Å². The predicted octanol–water partition coefficient (Wildman–Crippen LogP) is 6.05. The van der Waals surface area contributed by atoms with Crippen LogP contribution in [0.25, 0.3) is 5.57 Å². The largest absolute Gasteiger partial charge is 0.338 e. The Balaban J connectivity index is 1.34. The first-order valence-electron chi connectivity index (χ1n) is 13.0. The summed E-state index contributed by atoms with van der Waals surface area (Å²) in [5.74, 6) is 3.71. The number of urea groups is 1. The van der Waals surface area contributed by atoms with Crippen LogP contribution < -0.4 is 10.6 Å². The van der Waals surface area contributed by atoms with Gasteiger partial charge in [-0.25, -0.2) is 4.79 Å². The van der Waals surface area contributed by atoms with Gasteiger partial charge in [0.2, 0.25) is 0 Å². The van der Waals surface area contributed by atoms with Gasteiger partial charge in [-0.15, -0.1) is 0 Å². The van der Waals surface area contributed by atoms with Crippen molar-refractivity contribution in [1.82, 2.24) is 15.6 Å². The molecule has 1 heterocycles. The third-order valence-corrected chi connectivity index (χ3v) is 10.4. The highest BCUT2D eigenvalue weighted by atomic mass is 16.2. The van der Waals surface area contributed by atoms with E-state index in [0.29, 0.717) is 29.3 Å². The van der Waals surface area contributed by atoms with Crippen molar-refractivity contribution < 1.29 is 4.79 Å². The number of nitrogens with one attached hydrogen (secondary N) is 2. The van der Waals surface area contributed by atoms with Gasteiger partial charge in [-0.2, -0.15) is 0 Å². The summed E-state index contributed by atoms with van der Waals surface area (Å²) in [4.78, 5) is 16.6. The number of allylic oxidation sites excluding steroid dienone is 2. The molecule has 0 bridgehead atoms. The lowest BCUT2D eigenvalue weighted by atomic mass is 9.43. The van der Waals surface area contributed by atoms with Crippen LogP contribution in [0.5, 0.6) is 0 Å². The summed E-state index contributed by atoms with van der Waals surface area (Å²) in [6.07, 6.45) is 15.4. The molecule has 4 heteroatoms. The minimum Gasteiger partial charge on any atom is -0.338 e. The summed E-state index contributed by atoms with van der Waals surface area (Å²) in [5, 5.41) is 6.22. The maximum absolute atomic E-state index is 12.2. The summed E-state index contributed by atoms with van der Waals surface area (Å²) in [5.41, 5.74) is 3.61. The van der Waals surface area contributed by atoms with Gasteiger partial charge in [-0.05, 0) is 109 Å². The highest BCUT2D eigenvalue weighted by Crippen LogP contribution is 2.68. The van der Waals surface area contributed by atoms with E-state index in [1.54, 1.807) is 5.57 Å². The van der Waals surface area contributed by atoms with Crippen LogP contribution >= 0.6 is 0 Å². The number of carbonyl (C=O) groups is 1. The molecule has 4 aliphatic rings. The van der Waals surface area contributed by atoms with E-state index in [2.05, 4.69) is 60.8 Å². The minimum atomic E-state index is 0.00929. The first-order chi connectivity index (χ1) is 15.4. The molecule has 0 spiro atoms. The average molecular weight is 436 g/mol. The molecule has 3 fully saturated rings. The normalized spacial score (nSPS) is 42.8. The van der Waals surface area contributed by atoms with Crippen molar-refractivity contribution in [2.24, 2.45) is 40.4 Å². The zero-order valence-electron chi connectivity index (χ0n) is 20.4. The molecule has 32 heavy (non-hydrogen) atoms. The fraction of sp³-hybridized carbons (Fsp3) is 0.714. The third-order valence-electron chi connectivity index (χ3n) is 10.4. The van der Waals surface area contributed by atoms with Gasteiger partial charge in [0.05, 0.1) is 0 Å². The second kappa shape index (κ2) is 8.18. The minimum absolute atomic E-state index is 0.00929. The number of hydrogen-bond acceptors (Lipinski definition) is 2. The van der Waals surface area contributed by atoms with Gasteiger partial charge < -0.3 is 10.6 Å². The standard InChI is InChI=1S/C28H41N3O/c1-5-30-26(32)31-25-13-15-27(3)21(18(25)2)9-8-20-23-11-10-22(19-7-6-16-29-17-19)28(23,4)14-12-24(20)27/h6-7,10,16-18,20-21,23-25H,5,8-9,11-15H2,1-4H3,(H2,30,31,32)/t18?,20-,21?,23-,24-,25?,27-,28+/m0/s1. The number of pyridine rings is 1. The molecule has 0 aromatic carbocycles. The Bertz CT molecular complexity index is 882. The Morgan fingerprint density at radius 2 is 1.97 bits per heavy atom. The van der Waals surface area contributed by atoms with Crippen molar-refractivity contribution in [1.29, 1.82) is 0 Å². The molecule has 8 atom stereocenters. The van der Waals surface area contributed by atoms with Crippen LogP contribution in [0.2, 0.25) is 0 Å². The lowest BCUT2D eigenvalue weighted by Crippen LogP contribution is -2.58. The molecule has 1 aromatic heterocycles. The summed E-state index contributed by atoms with van der Waals surface area (Å²) in [6.45, 7) is 10.2. The van der Waals surface area contributed by atoms with Crippen LogP contribution in [0, 0.1) is 40.4 Å². The second-order valence-corrected chi connectivity index (χ2v) is 11.6. The van der Waals surface area contributed by atoms with E-state index in [9.17, 15) is 4.79 Å². The van der Waals surface area contributed by atoms with E-state index in [0.717, 1.165) is 30.1 Å². The lowest BCUT2D eigenvalue weighted by Gasteiger charge is -2.62. The van der Waals surface area contributed by atoms with Gasteiger partial charge in [0.25, 0.3) is 0 Å². The Hall–Kier alpha value is -1.84. The number of fused-ring (bicyclic) bond motifs is 5. The number of rotatable bonds is 3. The third kappa shape index (κ3) is 3.31. The fourth-order valence-electron chi connectivity index (χ4n) is 8.85. The van der Waals surface area contributed by atoms with Crippen molar-refractivity contribution in [2.45, 2.75) is 78.7 Å². The molecule has 0 radical (unpaired) electrons. The van der Waals surface area contributed by atoms with Gasteiger partial charge in [0.15, 0.2) is 0 Å². The van der Waals surface area contributed by atoms with Crippen molar-refractivity contribution in [3.05, 3.63) is 36.2 Å². The molecular formula is C28H41N3O. The molecule has 4 nitrogen and oxygen atoms in total. The van der Waals surface area contributed by atoms with Crippen LogP contribution in [-0.4, -0.2) is 23.6 Å². The van der Waals surface area contributed by atoms with Gasteiger partial charge in [-0.3, -0.25) is 4.98 Å². The smallest absolute Gasteiger partial charge is 0.315 e. The molecule has 1 aromatic rings. The molecule has 3 saturated carbocycles. The molecule has 0 aliphatic heterocycles. The van der Waals surface area contributed by atoms with E-state index in [1.165, 1.54) is 44.1 Å². The quantitative estimate of drug-likeness (QED) is 0.607. The maximum Gasteiger partial charge on any atom is 0.315 e. The van der Waals surface area contributed by atoms with Crippen molar-refractivity contribution >= 4 is 11.6 Å². The molecular weight excluding hydrogens is 394 g/mol. The number of hydrogen-bond donors (Lipinski definition) is 2. The number of nitrogens with zero attached hydrogens (tertiary/aromatic N) is 1. The van der Waals surface area contributed by atoms with Crippen LogP contribution in [0.4, 0.5) is 4.79 Å². The number of aromatic nitrogens is 1. The summed E-state index contributed by atoms with van der Waals surface area (Å²) in [7, 11) is 0. The zero-order valence-corrected chi connectivity index (χ0v) is 20.4. The van der Waals surface area contributed by atoms with Crippen LogP contribution in [-0.2, 0) is 0 Å². The molecule has 5 rings (SSSR count). The molecule has 4 aliphatic carbocycles. The van der Waals surface area contributed by atoms with E-state index in [-0.39, 0.29) is 6.03 Å². The summed E-state index contributed by atoms with van der Waals surface area (Å²) in [6, 6.07) is 4.66. The summed E-state index contributed by atoms with van der Waals surface area (Å²) >= 11 is 0. The molecule has 3 unspecified atom stereocenters. The predicted molar refractivity (Wildman–Crippen MR) is 130 cm³/mol. The molecule has 174 valence electrons. The van der Waals surface area contributed by atoms with Crippen LogP contribution in [0.3, 0.4) is 0 Å². The fourth-order valence-corrected chi connectivity index (χ4v) is 8.85. The van der Waals surface area contributed by atoms with Gasteiger partial charge >= 0.3 is 6.03 Å². The SMILES string of the molecule is CCNC(=O)NC1CC[C@@]2(C)C(CC[C@@H]3[C@@H]2CC[C@]2(C)C(c4cccnc4)=CC[C@@H]32)C1C. The first-order valence-corrected chi connectivity index (χ1v) is 13.0.